The Hall–Kier alpha value is -3.29. The Bertz CT molecular complexity index is 1290. The summed E-state index contributed by atoms with van der Waals surface area (Å²) in [6.07, 6.45) is 0. The number of aliphatic hydroxyl groups is 1. The summed E-state index contributed by atoms with van der Waals surface area (Å²) in [6, 6.07) is 17.8. The molecule has 174 valence electrons. The zero-order chi connectivity index (χ0) is 24.4. The zero-order valence-corrected chi connectivity index (χ0v) is 20.8. The van der Waals surface area contributed by atoms with Crippen LogP contribution in [0, 0.1) is 0 Å². The first-order chi connectivity index (χ1) is 16.3. The van der Waals surface area contributed by atoms with Gasteiger partial charge in [0.25, 0.3) is 11.7 Å². The van der Waals surface area contributed by atoms with Crippen LogP contribution >= 0.6 is 27.5 Å². The van der Waals surface area contributed by atoms with Gasteiger partial charge in [-0.25, -0.2) is 0 Å². The largest absolute Gasteiger partial charge is 0.507 e. The Labute approximate surface area is 210 Å². The monoisotopic (exact) mass is 541 g/mol. The van der Waals surface area contributed by atoms with Crippen molar-refractivity contribution >= 4 is 50.7 Å². The fraction of sp³-hybridized carbons (Fsp3) is 0.154. The van der Waals surface area contributed by atoms with Crippen LogP contribution in [0.5, 0.6) is 11.5 Å². The van der Waals surface area contributed by atoms with Crippen molar-refractivity contribution in [1.29, 1.82) is 0 Å². The molecule has 1 fully saturated rings. The van der Waals surface area contributed by atoms with Crippen molar-refractivity contribution in [3.05, 3.63) is 92.9 Å². The molecular formula is C26H21BrClNO5. The van der Waals surface area contributed by atoms with Gasteiger partial charge in [-0.3, -0.25) is 14.5 Å². The summed E-state index contributed by atoms with van der Waals surface area (Å²) in [7, 11) is 1.53. The van der Waals surface area contributed by atoms with Crippen LogP contribution in [0.15, 0.2) is 76.8 Å². The van der Waals surface area contributed by atoms with Crippen molar-refractivity contribution in [2.24, 2.45) is 0 Å². The van der Waals surface area contributed by atoms with E-state index in [1.807, 2.05) is 6.92 Å². The number of benzene rings is 3. The predicted octanol–water partition coefficient (Wildman–Crippen LogP) is 6.14. The minimum atomic E-state index is -0.866. The molecule has 1 atom stereocenters. The van der Waals surface area contributed by atoms with Crippen molar-refractivity contribution in [2.45, 2.75) is 13.0 Å². The number of amides is 1. The molecule has 1 aliphatic rings. The summed E-state index contributed by atoms with van der Waals surface area (Å²) >= 11 is 9.48. The molecule has 1 heterocycles. The molecular weight excluding hydrogens is 522 g/mol. The number of methoxy groups -OCH3 is 1. The van der Waals surface area contributed by atoms with Gasteiger partial charge in [0, 0.05) is 22.3 Å². The van der Waals surface area contributed by atoms with E-state index >= 15 is 0 Å². The molecule has 0 aliphatic carbocycles. The van der Waals surface area contributed by atoms with E-state index in [-0.39, 0.29) is 11.3 Å². The summed E-state index contributed by atoms with van der Waals surface area (Å²) in [4.78, 5) is 27.9. The smallest absolute Gasteiger partial charge is 0.300 e. The number of hydrogen-bond donors (Lipinski definition) is 1. The second-order valence-corrected chi connectivity index (χ2v) is 8.79. The normalized spacial score (nSPS) is 17.2. The highest BCUT2D eigenvalue weighted by atomic mass is 79.9. The highest BCUT2D eigenvalue weighted by Crippen LogP contribution is 2.43. The number of hydrogen-bond acceptors (Lipinski definition) is 5. The molecule has 4 rings (SSSR count). The maximum Gasteiger partial charge on any atom is 0.300 e. The highest BCUT2D eigenvalue weighted by Gasteiger charge is 2.47. The van der Waals surface area contributed by atoms with Gasteiger partial charge in [-0.2, -0.15) is 0 Å². The lowest BCUT2D eigenvalue weighted by atomic mass is 9.95. The Kier molecular flexibility index (Phi) is 6.95. The quantitative estimate of drug-likeness (QED) is 0.230. The zero-order valence-electron chi connectivity index (χ0n) is 18.4. The number of carbonyl (C=O) groups is 2. The van der Waals surface area contributed by atoms with Gasteiger partial charge in [-0.05, 0) is 70.9 Å². The maximum atomic E-state index is 13.3. The number of ketones is 1. The van der Waals surface area contributed by atoms with Crippen LogP contribution in [0.2, 0.25) is 5.02 Å². The van der Waals surface area contributed by atoms with E-state index in [0.717, 1.165) is 0 Å². The van der Waals surface area contributed by atoms with E-state index in [9.17, 15) is 14.7 Å². The first-order valence-corrected chi connectivity index (χ1v) is 11.7. The Morgan fingerprint density at radius 3 is 2.47 bits per heavy atom. The lowest BCUT2D eigenvalue weighted by Gasteiger charge is -2.26. The Morgan fingerprint density at radius 1 is 1.09 bits per heavy atom. The number of carbonyl (C=O) groups excluding carboxylic acids is 2. The SMILES string of the molecule is CCOc1cccc(N2C(=O)C(=O)/C(=C(/O)c3ccc(OC)c(Br)c3)C2c2ccc(Cl)cc2)c1. The first-order valence-electron chi connectivity index (χ1n) is 10.5. The van der Waals surface area contributed by atoms with Crippen LogP contribution in [0.4, 0.5) is 5.69 Å². The topological polar surface area (TPSA) is 76.1 Å². The van der Waals surface area contributed by atoms with Crippen LogP contribution in [-0.2, 0) is 9.59 Å². The van der Waals surface area contributed by atoms with E-state index < -0.39 is 17.7 Å². The van der Waals surface area contributed by atoms with Crippen molar-refractivity contribution < 1.29 is 24.2 Å². The predicted molar refractivity (Wildman–Crippen MR) is 135 cm³/mol. The van der Waals surface area contributed by atoms with Crippen molar-refractivity contribution in [3.63, 3.8) is 0 Å². The van der Waals surface area contributed by atoms with Gasteiger partial charge >= 0.3 is 0 Å². The third-order valence-corrected chi connectivity index (χ3v) is 6.33. The molecule has 8 heteroatoms. The second-order valence-electron chi connectivity index (χ2n) is 7.50. The maximum absolute atomic E-state index is 13.3. The van der Waals surface area contributed by atoms with Crippen LogP contribution < -0.4 is 14.4 Å². The third kappa shape index (κ3) is 4.41. The number of anilines is 1. The third-order valence-electron chi connectivity index (χ3n) is 5.46. The van der Waals surface area contributed by atoms with Gasteiger partial charge in [0.2, 0.25) is 0 Å². The average Bonchev–Trinajstić information content (AvgIpc) is 3.10. The lowest BCUT2D eigenvalue weighted by molar-refractivity contribution is -0.132. The summed E-state index contributed by atoms with van der Waals surface area (Å²) in [6.45, 7) is 2.31. The lowest BCUT2D eigenvalue weighted by Crippen LogP contribution is -2.29. The molecule has 0 bridgehead atoms. The van der Waals surface area contributed by atoms with Gasteiger partial charge in [0.15, 0.2) is 0 Å². The van der Waals surface area contributed by atoms with Gasteiger partial charge in [0.1, 0.15) is 17.3 Å². The van der Waals surface area contributed by atoms with Gasteiger partial charge in [-0.1, -0.05) is 29.8 Å². The summed E-state index contributed by atoms with van der Waals surface area (Å²) < 4.78 is 11.4. The van der Waals surface area contributed by atoms with E-state index in [1.54, 1.807) is 66.7 Å². The molecule has 0 saturated carbocycles. The summed E-state index contributed by atoms with van der Waals surface area (Å²) in [5, 5.41) is 11.8. The molecule has 34 heavy (non-hydrogen) atoms. The van der Waals surface area contributed by atoms with Crippen molar-refractivity contribution in [3.8, 4) is 11.5 Å². The van der Waals surface area contributed by atoms with Crippen LogP contribution in [0.3, 0.4) is 0 Å². The second kappa shape index (κ2) is 9.91. The minimum absolute atomic E-state index is 0.0220. The molecule has 0 aromatic heterocycles. The standard InChI is InChI=1S/C26H21BrClNO5/c1-3-34-19-6-4-5-18(14-19)29-23(15-7-10-17(28)11-8-15)22(25(31)26(29)32)24(30)16-9-12-21(33-2)20(27)13-16/h4-14,23,30H,3H2,1-2H3/b24-22+. The number of ether oxygens (including phenoxy) is 2. The molecule has 0 spiro atoms. The number of rotatable bonds is 6. The fourth-order valence-electron chi connectivity index (χ4n) is 3.92. The molecule has 3 aromatic rings. The van der Waals surface area contributed by atoms with Crippen LogP contribution in [0.1, 0.15) is 24.1 Å². The molecule has 1 amide bonds. The van der Waals surface area contributed by atoms with E-state index in [1.165, 1.54) is 12.0 Å². The summed E-state index contributed by atoms with van der Waals surface area (Å²) in [5.41, 5.74) is 1.45. The minimum Gasteiger partial charge on any atom is -0.507 e. The molecule has 1 saturated heterocycles. The van der Waals surface area contributed by atoms with Gasteiger partial charge < -0.3 is 14.6 Å². The number of nitrogens with zero attached hydrogens (tertiary/aromatic N) is 1. The van der Waals surface area contributed by atoms with Crippen molar-refractivity contribution in [1.82, 2.24) is 0 Å². The molecule has 1 N–H and O–H groups in total. The average molecular weight is 543 g/mol. The highest BCUT2D eigenvalue weighted by molar-refractivity contribution is 9.10. The van der Waals surface area contributed by atoms with E-state index in [0.29, 0.717) is 44.4 Å². The molecule has 3 aromatic carbocycles. The number of aliphatic hydroxyl groups excluding tert-OH is 1. The van der Waals surface area contributed by atoms with Crippen molar-refractivity contribution in [2.75, 3.05) is 18.6 Å². The van der Waals surface area contributed by atoms with E-state index in [4.69, 9.17) is 21.1 Å². The van der Waals surface area contributed by atoms with Crippen LogP contribution in [0.25, 0.3) is 5.76 Å². The van der Waals surface area contributed by atoms with Gasteiger partial charge in [0.05, 0.1) is 29.8 Å². The van der Waals surface area contributed by atoms with E-state index in [2.05, 4.69) is 15.9 Å². The number of halogens is 2. The first kappa shape index (κ1) is 23.9. The van der Waals surface area contributed by atoms with Crippen LogP contribution in [-0.4, -0.2) is 30.5 Å². The fourth-order valence-corrected chi connectivity index (χ4v) is 4.58. The molecule has 1 aliphatic heterocycles. The Morgan fingerprint density at radius 2 is 1.82 bits per heavy atom. The number of Topliss-reactive ketones (excluding diaryl/α,β-unsaturated/α-hetero) is 1. The molecule has 6 nitrogen and oxygen atoms in total. The molecule has 0 radical (unpaired) electrons. The summed E-state index contributed by atoms with van der Waals surface area (Å²) in [5.74, 6) is -0.686. The Balaban J connectivity index is 1.92. The van der Waals surface area contributed by atoms with Gasteiger partial charge in [-0.15, -0.1) is 0 Å². The molecule has 1 unspecified atom stereocenters.